The fourth-order valence-electron chi connectivity index (χ4n) is 4.76. The Morgan fingerprint density at radius 3 is 2.47 bits per heavy atom. The fourth-order valence-corrected chi connectivity index (χ4v) is 5.35. The molecule has 0 aromatic heterocycles. The van der Waals surface area contributed by atoms with Crippen LogP contribution in [0.2, 0.25) is 0 Å². The summed E-state index contributed by atoms with van der Waals surface area (Å²) in [6.07, 6.45) is 3.89. The van der Waals surface area contributed by atoms with Crippen LogP contribution in [0.5, 0.6) is 11.5 Å². The molecule has 1 unspecified atom stereocenters. The molecule has 0 saturated carbocycles. The number of ether oxygens (including phenoxy) is 2. The lowest BCUT2D eigenvalue weighted by atomic mass is 9.76. The molecule has 7 heteroatoms. The number of methoxy groups -OCH3 is 1. The lowest BCUT2D eigenvalue weighted by Gasteiger charge is -2.47. The second-order valence-corrected chi connectivity index (χ2v) is 9.15. The normalized spacial score (nSPS) is 19.9. The number of hydrogen-bond acceptors (Lipinski definition) is 5. The van der Waals surface area contributed by atoms with Crippen molar-refractivity contribution in [3.05, 3.63) is 92.5 Å². The Bertz CT molecular complexity index is 1270. The molecule has 1 spiro atoms. The van der Waals surface area contributed by atoms with Crippen LogP contribution >= 0.6 is 15.9 Å². The second kappa shape index (κ2) is 7.10. The summed E-state index contributed by atoms with van der Waals surface area (Å²) in [7, 11) is 1.49. The van der Waals surface area contributed by atoms with E-state index in [0.29, 0.717) is 15.8 Å². The molecule has 5 rings (SSSR count). The first-order valence-electron chi connectivity index (χ1n) is 10.2. The standard InChI is InChI=1S/C25H21BrN2O4/c1-24(2)18-11-7-8-12-19(18)27(16-9-5-4-6-10-16)25(24)14-13-17-22(26)21(31-3)15-20(28(29)30)23(17)32-25/h4-15H,1-3H3. The summed E-state index contributed by atoms with van der Waals surface area (Å²) in [5.74, 6) is 0.598. The highest BCUT2D eigenvalue weighted by Gasteiger charge is 2.60. The molecule has 3 aromatic carbocycles. The van der Waals surface area contributed by atoms with Gasteiger partial charge in [0, 0.05) is 16.9 Å². The van der Waals surface area contributed by atoms with Crippen LogP contribution in [0.4, 0.5) is 17.1 Å². The second-order valence-electron chi connectivity index (χ2n) is 8.36. The molecule has 2 heterocycles. The van der Waals surface area contributed by atoms with E-state index in [1.54, 1.807) is 0 Å². The van der Waals surface area contributed by atoms with Crippen LogP contribution in [-0.4, -0.2) is 17.8 Å². The summed E-state index contributed by atoms with van der Waals surface area (Å²) >= 11 is 3.53. The number of nitrogens with zero attached hydrogens (tertiary/aromatic N) is 2. The van der Waals surface area contributed by atoms with E-state index in [1.807, 2.05) is 54.6 Å². The number of nitro groups is 1. The summed E-state index contributed by atoms with van der Waals surface area (Å²) in [5, 5.41) is 12.0. The summed E-state index contributed by atoms with van der Waals surface area (Å²) < 4.78 is 12.7. The molecule has 0 bridgehead atoms. The van der Waals surface area contributed by atoms with Crippen molar-refractivity contribution in [3.8, 4) is 11.5 Å². The molecule has 0 fully saturated rings. The molecule has 0 amide bonds. The Kier molecular flexibility index (Phi) is 4.57. The van der Waals surface area contributed by atoms with E-state index >= 15 is 0 Å². The van der Waals surface area contributed by atoms with Gasteiger partial charge in [-0.3, -0.25) is 15.0 Å². The van der Waals surface area contributed by atoms with Gasteiger partial charge in [-0.05, 0) is 65.7 Å². The molecule has 6 nitrogen and oxygen atoms in total. The van der Waals surface area contributed by atoms with Gasteiger partial charge in [-0.15, -0.1) is 0 Å². The van der Waals surface area contributed by atoms with Gasteiger partial charge < -0.3 is 9.47 Å². The van der Waals surface area contributed by atoms with Gasteiger partial charge in [0.15, 0.2) is 0 Å². The lowest BCUT2D eigenvalue weighted by molar-refractivity contribution is -0.386. The third-order valence-corrected chi connectivity index (χ3v) is 7.23. The lowest BCUT2D eigenvalue weighted by Crippen LogP contribution is -2.57. The molecular weight excluding hydrogens is 472 g/mol. The van der Waals surface area contributed by atoms with E-state index in [0.717, 1.165) is 16.9 Å². The fraction of sp³-hybridized carbons (Fsp3) is 0.200. The molecule has 0 radical (unpaired) electrons. The van der Waals surface area contributed by atoms with E-state index in [1.165, 1.54) is 13.2 Å². The van der Waals surface area contributed by atoms with Crippen molar-refractivity contribution in [2.75, 3.05) is 12.0 Å². The number of halogens is 1. The highest BCUT2D eigenvalue weighted by atomic mass is 79.9. The van der Waals surface area contributed by atoms with Crippen molar-refractivity contribution < 1.29 is 14.4 Å². The van der Waals surface area contributed by atoms with Gasteiger partial charge in [0.1, 0.15) is 5.75 Å². The van der Waals surface area contributed by atoms with Crippen molar-refractivity contribution in [2.24, 2.45) is 0 Å². The van der Waals surface area contributed by atoms with Crippen molar-refractivity contribution in [2.45, 2.75) is 25.0 Å². The zero-order valence-corrected chi connectivity index (χ0v) is 19.4. The van der Waals surface area contributed by atoms with Crippen LogP contribution in [0.3, 0.4) is 0 Å². The largest absolute Gasteiger partial charge is 0.495 e. The Balaban J connectivity index is 1.80. The summed E-state index contributed by atoms with van der Waals surface area (Å²) in [6, 6.07) is 19.5. The van der Waals surface area contributed by atoms with Crippen molar-refractivity contribution >= 4 is 39.1 Å². The minimum Gasteiger partial charge on any atom is -0.495 e. The quantitative estimate of drug-likeness (QED) is 0.304. The van der Waals surface area contributed by atoms with Gasteiger partial charge in [0.05, 0.1) is 28.0 Å². The molecule has 2 aliphatic heterocycles. The van der Waals surface area contributed by atoms with Gasteiger partial charge in [0.25, 0.3) is 0 Å². The molecule has 2 aliphatic rings. The average molecular weight is 493 g/mol. The first kappa shape index (κ1) is 20.6. The number of para-hydroxylation sites is 2. The minimum absolute atomic E-state index is 0.136. The molecule has 0 N–H and O–H groups in total. The predicted molar refractivity (Wildman–Crippen MR) is 128 cm³/mol. The van der Waals surface area contributed by atoms with E-state index < -0.39 is 16.1 Å². The predicted octanol–water partition coefficient (Wildman–Crippen LogP) is 6.60. The van der Waals surface area contributed by atoms with Gasteiger partial charge in [0.2, 0.25) is 11.5 Å². The topological polar surface area (TPSA) is 64.8 Å². The number of hydrogen-bond donors (Lipinski definition) is 0. The van der Waals surface area contributed by atoms with Crippen molar-refractivity contribution in [1.82, 2.24) is 0 Å². The minimum atomic E-state index is -1.01. The van der Waals surface area contributed by atoms with Gasteiger partial charge in [-0.25, -0.2) is 0 Å². The van der Waals surface area contributed by atoms with E-state index in [-0.39, 0.29) is 11.4 Å². The zero-order valence-electron chi connectivity index (χ0n) is 17.8. The molecule has 32 heavy (non-hydrogen) atoms. The molecule has 3 aromatic rings. The van der Waals surface area contributed by atoms with Gasteiger partial charge >= 0.3 is 5.69 Å². The van der Waals surface area contributed by atoms with Crippen LogP contribution < -0.4 is 14.4 Å². The molecule has 1 atom stereocenters. The van der Waals surface area contributed by atoms with Gasteiger partial charge in [-0.1, -0.05) is 36.4 Å². The van der Waals surface area contributed by atoms with Crippen LogP contribution in [0.25, 0.3) is 6.08 Å². The highest BCUT2D eigenvalue weighted by molar-refractivity contribution is 9.10. The zero-order chi connectivity index (χ0) is 22.7. The maximum absolute atomic E-state index is 12.0. The van der Waals surface area contributed by atoms with Crippen molar-refractivity contribution in [1.29, 1.82) is 0 Å². The summed E-state index contributed by atoms with van der Waals surface area (Å²) in [4.78, 5) is 13.7. The van der Waals surface area contributed by atoms with Crippen molar-refractivity contribution in [3.63, 3.8) is 0 Å². The summed E-state index contributed by atoms with van der Waals surface area (Å²) in [5.41, 5.74) is 1.97. The van der Waals surface area contributed by atoms with Gasteiger partial charge in [-0.2, -0.15) is 0 Å². The molecule has 0 aliphatic carbocycles. The molecular formula is C25H21BrN2O4. The average Bonchev–Trinajstić information content (AvgIpc) is 2.98. The highest BCUT2D eigenvalue weighted by Crippen LogP contribution is 2.59. The van der Waals surface area contributed by atoms with Crippen LogP contribution in [-0.2, 0) is 5.41 Å². The maximum Gasteiger partial charge on any atom is 0.315 e. The van der Waals surface area contributed by atoms with E-state index in [2.05, 4.69) is 46.8 Å². The molecule has 0 saturated heterocycles. The Hall–Kier alpha value is -3.32. The summed E-state index contributed by atoms with van der Waals surface area (Å²) in [6.45, 7) is 4.21. The Labute approximate surface area is 194 Å². The van der Waals surface area contributed by atoms with E-state index in [9.17, 15) is 10.1 Å². The van der Waals surface area contributed by atoms with Crippen LogP contribution in [0, 0.1) is 10.1 Å². The third-order valence-electron chi connectivity index (χ3n) is 6.41. The first-order valence-corrected chi connectivity index (χ1v) is 11.0. The third kappa shape index (κ3) is 2.64. The molecule has 162 valence electrons. The number of anilines is 2. The SMILES string of the molecule is COc1cc([N+](=O)[O-])c2c(c1Br)C=CC1(O2)N(c2ccccc2)c2ccccc2C1(C)C. The number of rotatable bonds is 3. The van der Waals surface area contributed by atoms with Crippen LogP contribution in [0.1, 0.15) is 25.0 Å². The van der Waals surface area contributed by atoms with Crippen LogP contribution in [0.15, 0.2) is 71.2 Å². The monoisotopic (exact) mass is 492 g/mol. The Morgan fingerprint density at radius 2 is 1.78 bits per heavy atom. The first-order chi connectivity index (χ1) is 15.3. The smallest absolute Gasteiger partial charge is 0.315 e. The Morgan fingerprint density at radius 1 is 1.09 bits per heavy atom. The maximum atomic E-state index is 12.0. The number of nitro benzene ring substituents is 1. The number of fused-ring (bicyclic) bond motifs is 2. The number of benzene rings is 3. The van der Waals surface area contributed by atoms with E-state index in [4.69, 9.17) is 9.47 Å².